The van der Waals surface area contributed by atoms with Gasteiger partial charge in [-0.15, -0.1) is 0 Å². The lowest BCUT2D eigenvalue weighted by molar-refractivity contribution is -0.190. The normalized spacial score (nSPS) is 41.0. The van der Waals surface area contributed by atoms with Gasteiger partial charge in [0.25, 0.3) is 0 Å². The molecule has 2 rings (SSSR count). The van der Waals surface area contributed by atoms with E-state index < -0.39 is 23.6 Å². The molecule has 0 aliphatic heterocycles. The average Bonchev–Trinajstić information content (AvgIpc) is 2.52. The summed E-state index contributed by atoms with van der Waals surface area (Å²) in [6, 6.07) is 0. The number of hydrogen-bond donors (Lipinski definition) is 3. The van der Waals surface area contributed by atoms with Gasteiger partial charge < -0.3 is 15.3 Å². The highest BCUT2D eigenvalue weighted by Crippen LogP contribution is 2.63. The fourth-order valence-corrected chi connectivity index (χ4v) is 5.77. The molecule has 5 nitrogen and oxygen atoms in total. The molecule has 2 fully saturated rings. The van der Waals surface area contributed by atoms with Crippen molar-refractivity contribution in [1.82, 2.24) is 0 Å². The zero-order valence-electron chi connectivity index (χ0n) is 15.7. The molecule has 0 saturated heterocycles. The first kappa shape index (κ1) is 20.1. The maximum Gasteiger partial charge on any atom is 0.309 e. The van der Waals surface area contributed by atoms with Gasteiger partial charge in [-0.05, 0) is 75.2 Å². The van der Waals surface area contributed by atoms with Gasteiger partial charge >= 0.3 is 5.97 Å². The standard InChI is InChI=1S/C20H32O5/c1-13(14(22)12-21)6-7-16-18(2)9-5-10-19(3,17(23)24)15(18)8-11-20(16,4)25/h15-16,21,25H,1,5-12H2,2-4H3,(H,23,24). The third-order valence-corrected chi connectivity index (χ3v) is 7.22. The number of carbonyl (C=O) groups is 2. The molecule has 25 heavy (non-hydrogen) atoms. The molecule has 0 aromatic carbocycles. The van der Waals surface area contributed by atoms with Crippen LogP contribution in [0.25, 0.3) is 0 Å². The SMILES string of the molecule is C=C(CCC1C(C)(O)CCC2C(C)(C(=O)O)CCCC12C)C(=O)CO. The molecule has 0 amide bonds. The first-order valence-electron chi connectivity index (χ1n) is 9.26. The van der Waals surface area contributed by atoms with Gasteiger partial charge in [0.15, 0.2) is 5.78 Å². The Morgan fingerprint density at radius 2 is 1.80 bits per heavy atom. The number of aliphatic hydroxyl groups is 2. The van der Waals surface area contributed by atoms with Crippen molar-refractivity contribution in [2.45, 2.75) is 71.3 Å². The summed E-state index contributed by atoms with van der Waals surface area (Å²) in [5.74, 6) is -1.20. The molecule has 0 radical (unpaired) electrons. The Hall–Kier alpha value is -1.20. The zero-order chi connectivity index (χ0) is 19.0. The van der Waals surface area contributed by atoms with E-state index in [0.29, 0.717) is 37.7 Å². The summed E-state index contributed by atoms with van der Waals surface area (Å²) >= 11 is 0. The van der Waals surface area contributed by atoms with Crippen LogP contribution in [0.2, 0.25) is 0 Å². The highest BCUT2D eigenvalue weighted by molar-refractivity contribution is 5.95. The highest BCUT2D eigenvalue weighted by atomic mass is 16.4. The van der Waals surface area contributed by atoms with Gasteiger partial charge in [-0.3, -0.25) is 9.59 Å². The van der Waals surface area contributed by atoms with Gasteiger partial charge in [-0.25, -0.2) is 0 Å². The average molecular weight is 352 g/mol. The van der Waals surface area contributed by atoms with Gasteiger partial charge in [0.2, 0.25) is 0 Å². The van der Waals surface area contributed by atoms with Crippen molar-refractivity contribution >= 4 is 11.8 Å². The number of aliphatic carboxylic acids is 1. The van der Waals surface area contributed by atoms with Crippen molar-refractivity contribution in [2.24, 2.45) is 22.7 Å². The van der Waals surface area contributed by atoms with Crippen molar-refractivity contribution in [3.05, 3.63) is 12.2 Å². The van der Waals surface area contributed by atoms with E-state index in [2.05, 4.69) is 13.5 Å². The first-order chi connectivity index (χ1) is 11.5. The van der Waals surface area contributed by atoms with E-state index in [1.807, 2.05) is 13.8 Å². The zero-order valence-corrected chi connectivity index (χ0v) is 15.7. The van der Waals surface area contributed by atoms with E-state index in [1.54, 1.807) is 0 Å². The van der Waals surface area contributed by atoms with Crippen LogP contribution in [-0.4, -0.2) is 39.3 Å². The Labute approximate surface area is 150 Å². The van der Waals surface area contributed by atoms with E-state index in [0.717, 1.165) is 12.8 Å². The van der Waals surface area contributed by atoms with Gasteiger partial charge in [-0.2, -0.15) is 0 Å². The van der Waals surface area contributed by atoms with Crippen LogP contribution in [0, 0.1) is 22.7 Å². The minimum absolute atomic E-state index is 0.0123. The molecule has 142 valence electrons. The van der Waals surface area contributed by atoms with Crippen molar-refractivity contribution in [2.75, 3.05) is 6.61 Å². The second kappa shape index (κ2) is 6.84. The Bertz CT molecular complexity index is 566. The lowest BCUT2D eigenvalue weighted by Gasteiger charge is -2.60. The third-order valence-electron chi connectivity index (χ3n) is 7.22. The topological polar surface area (TPSA) is 94.8 Å². The van der Waals surface area contributed by atoms with Crippen LogP contribution in [-0.2, 0) is 9.59 Å². The second-order valence-corrected chi connectivity index (χ2v) is 8.81. The van der Waals surface area contributed by atoms with Crippen LogP contribution in [0.4, 0.5) is 0 Å². The van der Waals surface area contributed by atoms with E-state index >= 15 is 0 Å². The van der Waals surface area contributed by atoms with Crippen LogP contribution in [0.1, 0.15) is 65.7 Å². The molecule has 5 heteroatoms. The monoisotopic (exact) mass is 352 g/mol. The minimum atomic E-state index is -0.884. The minimum Gasteiger partial charge on any atom is -0.481 e. The lowest BCUT2D eigenvalue weighted by atomic mass is 9.44. The molecule has 2 saturated carbocycles. The molecule has 0 aromatic heterocycles. The molecule has 2 aliphatic rings. The number of fused-ring (bicyclic) bond motifs is 1. The van der Waals surface area contributed by atoms with Gasteiger partial charge in [0, 0.05) is 0 Å². The number of carboxylic acid groups (broad SMARTS) is 1. The lowest BCUT2D eigenvalue weighted by Crippen LogP contribution is -2.59. The van der Waals surface area contributed by atoms with Gasteiger partial charge in [0.05, 0.1) is 11.0 Å². The number of carboxylic acids is 1. The number of Topliss-reactive ketones (excluding diaryl/α,β-unsaturated/α-hetero) is 1. The second-order valence-electron chi connectivity index (χ2n) is 8.81. The number of hydrogen-bond acceptors (Lipinski definition) is 4. The Morgan fingerprint density at radius 1 is 1.16 bits per heavy atom. The van der Waals surface area contributed by atoms with E-state index in [-0.39, 0.29) is 23.0 Å². The summed E-state index contributed by atoms with van der Waals surface area (Å²) < 4.78 is 0. The molecule has 2 aliphatic carbocycles. The Morgan fingerprint density at radius 3 is 2.36 bits per heavy atom. The molecule has 0 heterocycles. The molecule has 3 N–H and O–H groups in total. The summed E-state index contributed by atoms with van der Waals surface area (Å²) in [7, 11) is 0. The maximum atomic E-state index is 12.0. The molecule has 5 atom stereocenters. The molecule has 5 unspecified atom stereocenters. The van der Waals surface area contributed by atoms with Crippen molar-refractivity contribution in [3.63, 3.8) is 0 Å². The molecule has 0 bridgehead atoms. The molecule has 0 aromatic rings. The smallest absolute Gasteiger partial charge is 0.309 e. The summed E-state index contributed by atoms with van der Waals surface area (Å²) in [4.78, 5) is 23.6. The van der Waals surface area contributed by atoms with Gasteiger partial charge in [0.1, 0.15) is 6.61 Å². The maximum absolute atomic E-state index is 12.0. The van der Waals surface area contributed by atoms with Crippen LogP contribution >= 0.6 is 0 Å². The molecular weight excluding hydrogens is 320 g/mol. The van der Waals surface area contributed by atoms with Crippen LogP contribution in [0.5, 0.6) is 0 Å². The predicted molar refractivity (Wildman–Crippen MR) is 95.0 cm³/mol. The van der Waals surface area contributed by atoms with E-state index in [1.165, 1.54) is 0 Å². The van der Waals surface area contributed by atoms with Crippen molar-refractivity contribution in [1.29, 1.82) is 0 Å². The van der Waals surface area contributed by atoms with Crippen LogP contribution in [0.3, 0.4) is 0 Å². The summed E-state index contributed by atoms with van der Waals surface area (Å²) in [6.45, 7) is 9.01. The number of carbonyl (C=O) groups excluding carboxylic acids is 1. The van der Waals surface area contributed by atoms with E-state index in [4.69, 9.17) is 5.11 Å². The third kappa shape index (κ3) is 3.41. The summed E-state index contributed by atoms with van der Waals surface area (Å²) in [5.41, 5.74) is -1.55. The number of aliphatic hydroxyl groups excluding tert-OH is 1. The summed E-state index contributed by atoms with van der Waals surface area (Å²) in [6.07, 6.45) is 4.68. The van der Waals surface area contributed by atoms with Crippen molar-refractivity contribution in [3.8, 4) is 0 Å². The fourth-order valence-electron chi connectivity index (χ4n) is 5.77. The number of rotatable bonds is 6. The van der Waals surface area contributed by atoms with Crippen LogP contribution < -0.4 is 0 Å². The van der Waals surface area contributed by atoms with Crippen molar-refractivity contribution < 1.29 is 24.9 Å². The first-order valence-corrected chi connectivity index (χ1v) is 9.26. The largest absolute Gasteiger partial charge is 0.481 e. The van der Waals surface area contributed by atoms with E-state index in [9.17, 15) is 19.8 Å². The quantitative estimate of drug-likeness (QED) is 0.639. The Balaban J connectivity index is 2.30. The van der Waals surface area contributed by atoms with Crippen LogP contribution in [0.15, 0.2) is 12.2 Å². The summed E-state index contributed by atoms with van der Waals surface area (Å²) in [5, 5.41) is 29.9. The highest BCUT2D eigenvalue weighted by Gasteiger charge is 2.61. The fraction of sp³-hybridized carbons (Fsp3) is 0.800. The predicted octanol–water partition coefficient (Wildman–Crippen LogP) is 2.94. The molecule has 0 spiro atoms. The van der Waals surface area contributed by atoms with Gasteiger partial charge in [-0.1, -0.05) is 19.9 Å². The Kier molecular flexibility index (Phi) is 5.50. The molecular formula is C20H32O5. The number of ketones is 1.